The van der Waals surface area contributed by atoms with Crippen LogP contribution in [-0.2, 0) is 4.79 Å². The number of nitrogens with one attached hydrogen (secondary N) is 1. The van der Waals surface area contributed by atoms with Gasteiger partial charge in [0.2, 0.25) is 5.91 Å². The maximum atomic E-state index is 13.8. The third kappa shape index (κ3) is 5.85. The van der Waals surface area contributed by atoms with E-state index in [2.05, 4.69) is 26.2 Å². The van der Waals surface area contributed by atoms with Crippen LogP contribution in [0.1, 0.15) is 6.42 Å². The molecule has 1 unspecified atom stereocenters. The predicted molar refractivity (Wildman–Crippen MR) is 117 cm³/mol. The Morgan fingerprint density at radius 2 is 2.07 bits per heavy atom. The second-order valence-electron chi connectivity index (χ2n) is 5.82. The summed E-state index contributed by atoms with van der Waals surface area (Å²) in [5, 5.41) is 3.76. The van der Waals surface area contributed by atoms with Crippen LogP contribution < -0.4 is 5.32 Å². The van der Waals surface area contributed by atoms with Crippen molar-refractivity contribution in [3.63, 3.8) is 0 Å². The van der Waals surface area contributed by atoms with Gasteiger partial charge in [0, 0.05) is 34.8 Å². The fourth-order valence-electron chi connectivity index (χ4n) is 2.48. The molecule has 0 radical (unpaired) electrons. The molecular weight excluding hydrogens is 476 g/mol. The third-order valence-corrected chi connectivity index (χ3v) is 5.88. The fraction of sp³-hybridized carbons (Fsp3) is 0.222. The second kappa shape index (κ2) is 9.78. The number of amides is 1. The van der Waals surface area contributed by atoms with E-state index in [0.717, 1.165) is 21.1 Å². The van der Waals surface area contributed by atoms with Crippen molar-refractivity contribution in [1.82, 2.24) is 4.90 Å². The van der Waals surface area contributed by atoms with Crippen molar-refractivity contribution < 1.29 is 9.18 Å². The van der Waals surface area contributed by atoms with Crippen LogP contribution in [0.4, 0.5) is 15.8 Å². The van der Waals surface area contributed by atoms with Crippen LogP contribution in [0.25, 0.3) is 0 Å². The van der Waals surface area contributed by atoms with E-state index in [4.69, 9.17) is 11.6 Å². The Balaban J connectivity index is 0.00000261. The van der Waals surface area contributed by atoms with E-state index in [1.54, 1.807) is 17.8 Å². The largest absolute Gasteiger partial charge is 0.350 e. The Morgan fingerprint density at radius 3 is 2.74 bits per heavy atom. The summed E-state index contributed by atoms with van der Waals surface area (Å²) in [5.74, 6) is -0.0337. The molecule has 1 amide bonds. The molecule has 3 rings (SSSR count). The van der Waals surface area contributed by atoms with Crippen LogP contribution >= 0.6 is 51.7 Å². The zero-order valence-electron chi connectivity index (χ0n) is 14.3. The number of hydrogen-bond acceptors (Lipinski definition) is 3. The summed E-state index contributed by atoms with van der Waals surface area (Å²) in [6.45, 7) is 0. The molecule has 1 fully saturated rings. The number of amidine groups is 1. The number of hydrogen-bond donors (Lipinski definition) is 1. The molecule has 0 spiro atoms. The highest BCUT2D eigenvalue weighted by Crippen LogP contribution is 2.28. The molecule has 0 saturated carbocycles. The van der Waals surface area contributed by atoms with Crippen molar-refractivity contribution >= 4 is 74.1 Å². The molecule has 1 atom stereocenters. The van der Waals surface area contributed by atoms with E-state index in [9.17, 15) is 9.18 Å². The molecule has 4 nitrogen and oxygen atoms in total. The minimum atomic E-state index is -0.544. The molecule has 144 valence electrons. The normalized spacial score (nSPS) is 17.7. The van der Waals surface area contributed by atoms with Crippen molar-refractivity contribution in [2.75, 3.05) is 18.1 Å². The summed E-state index contributed by atoms with van der Waals surface area (Å²) in [6.07, 6.45) is 0.255. The van der Waals surface area contributed by atoms with Gasteiger partial charge in [0.15, 0.2) is 5.17 Å². The van der Waals surface area contributed by atoms with Crippen LogP contribution in [0.2, 0.25) is 5.02 Å². The van der Waals surface area contributed by atoms with Crippen LogP contribution in [0.3, 0.4) is 0 Å². The van der Waals surface area contributed by atoms with Gasteiger partial charge in [-0.1, -0.05) is 39.3 Å². The molecule has 0 aliphatic carbocycles. The van der Waals surface area contributed by atoms with E-state index in [1.807, 2.05) is 36.2 Å². The Labute approximate surface area is 181 Å². The Bertz CT molecular complexity index is 851. The molecule has 1 aliphatic rings. The van der Waals surface area contributed by atoms with Gasteiger partial charge in [-0.25, -0.2) is 9.38 Å². The van der Waals surface area contributed by atoms with Crippen molar-refractivity contribution in [2.45, 2.75) is 12.5 Å². The maximum Gasteiger partial charge on any atom is 0.226 e. The zero-order valence-corrected chi connectivity index (χ0v) is 18.3. The van der Waals surface area contributed by atoms with E-state index in [0.29, 0.717) is 5.02 Å². The lowest BCUT2D eigenvalue weighted by atomic mass is 10.2. The average molecular weight is 493 g/mol. The van der Waals surface area contributed by atoms with Gasteiger partial charge in [-0.15, -0.1) is 12.4 Å². The van der Waals surface area contributed by atoms with E-state index in [-0.39, 0.29) is 36.5 Å². The number of thioether (sulfide) groups is 1. The second-order valence-corrected chi connectivity index (χ2v) is 8.16. The molecule has 1 heterocycles. The van der Waals surface area contributed by atoms with Gasteiger partial charge in [0.05, 0.1) is 11.4 Å². The van der Waals surface area contributed by atoms with Gasteiger partial charge < -0.3 is 10.2 Å². The number of benzene rings is 2. The Kier molecular flexibility index (Phi) is 7.97. The smallest absolute Gasteiger partial charge is 0.226 e. The van der Waals surface area contributed by atoms with Gasteiger partial charge in [-0.05, 0) is 42.5 Å². The highest BCUT2D eigenvalue weighted by Gasteiger charge is 2.29. The molecular formula is C18H17BrCl2FN3OS. The van der Waals surface area contributed by atoms with Crippen LogP contribution in [0.15, 0.2) is 51.9 Å². The number of carbonyl (C=O) groups is 1. The zero-order chi connectivity index (χ0) is 18.7. The van der Waals surface area contributed by atoms with Crippen LogP contribution in [0.5, 0.6) is 0 Å². The number of carbonyl (C=O) groups excluding carboxylic acids is 1. The van der Waals surface area contributed by atoms with Crippen LogP contribution in [-0.4, -0.2) is 34.8 Å². The lowest BCUT2D eigenvalue weighted by Gasteiger charge is -2.20. The van der Waals surface area contributed by atoms with E-state index < -0.39 is 5.82 Å². The van der Waals surface area contributed by atoms with Crippen LogP contribution in [0, 0.1) is 5.82 Å². The van der Waals surface area contributed by atoms with Crippen molar-refractivity contribution in [3.8, 4) is 0 Å². The van der Waals surface area contributed by atoms with Gasteiger partial charge in [-0.3, -0.25) is 4.79 Å². The van der Waals surface area contributed by atoms with Gasteiger partial charge in [-0.2, -0.15) is 0 Å². The van der Waals surface area contributed by atoms with Gasteiger partial charge in [0.1, 0.15) is 5.82 Å². The topological polar surface area (TPSA) is 44.7 Å². The SMILES string of the molecule is CN1/C(=N/c2ccc(Br)cc2)SCC1CC(=O)Nc1ccc(Cl)cc1F.Cl. The van der Waals surface area contributed by atoms with Gasteiger partial charge in [0.25, 0.3) is 0 Å². The fourth-order valence-corrected chi connectivity index (χ4v) is 4.11. The lowest BCUT2D eigenvalue weighted by molar-refractivity contribution is -0.116. The number of halogens is 4. The highest BCUT2D eigenvalue weighted by molar-refractivity contribution is 9.10. The minimum absolute atomic E-state index is 0. The Hall–Kier alpha value is -1.28. The third-order valence-electron chi connectivity index (χ3n) is 3.93. The maximum absolute atomic E-state index is 13.8. The first kappa shape index (κ1) is 22.0. The summed E-state index contributed by atoms with van der Waals surface area (Å²) in [4.78, 5) is 18.9. The van der Waals surface area contributed by atoms with Gasteiger partial charge >= 0.3 is 0 Å². The molecule has 2 aromatic carbocycles. The summed E-state index contributed by atoms with van der Waals surface area (Å²) >= 11 is 10.7. The molecule has 0 bridgehead atoms. The molecule has 1 saturated heterocycles. The number of aliphatic imine (C=N–C) groups is 1. The molecule has 1 N–H and O–H groups in total. The molecule has 1 aliphatic heterocycles. The number of anilines is 1. The summed E-state index contributed by atoms with van der Waals surface area (Å²) < 4.78 is 14.8. The number of nitrogens with zero attached hydrogens (tertiary/aromatic N) is 2. The minimum Gasteiger partial charge on any atom is -0.350 e. The molecule has 27 heavy (non-hydrogen) atoms. The van der Waals surface area contributed by atoms with E-state index >= 15 is 0 Å². The monoisotopic (exact) mass is 491 g/mol. The standard InChI is InChI=1S/C18H16BrClFN3OS.ClH/c1-24-14(9-17(25)23-16-7-4-12(20)8-15(16)21)10-26-18(24)22-13-5-2-11(19)3-6-13;/h2-8,14H,9-10H2,1H3,(H,23,25);1H/b22-18-;. The lowest BCUT2D eigenvalue weighted by Crippen LogP contribution is -2.33. The highest BCUT2D eigenvalue weighted by atomic mass is 79.9. The Morgan fingerprint density at radius 1 is 1.37 bits per heavy atom. The summed E-state index contributed by atoms with van der Waals surface area (Å²) in [7, 11) is 1.92. The molecule has 0 aromatic heterocycles. The number of rotatable bonds is 4. The summed E-state index contributed by atoms with van der Waals surface area (Å²) in [5.41, 5.74) is 0.993. The van der Waals surface area contributed by atoms with Crippen molar-refractivity contribution in [2.24, 2.45) is 4.99 Å². The van der Waals surface area contributed by atoms with Crippen molar-refractivity contribution in [1.29, 1.82) is 0 Å². The quantitative estimate of drug-likeness (QED) is 0.592. The first-order chi connectivity index (χ1) is 12.4. The first-order valence-corrected chi connectivity index (χ1v) is 10.0. The predicted octanol–water partition coefficient (Wildman–Crippen LogP) is 5.73. The van der Waals surface area contributed by atoms with E-state index in [1.165, 1.54) is 12.1 Å². The summed E-state index contributed by atoms with van der Waals surface area (Å²) in [6, 6.07) is 11.9. The van der Waals surface area contributed by atoms with Crippen molar-refractivity contribution in [3.05, 3.63) is 57.8 Å². The molecule has 2 aromatic rings. The molecule has 9 heteroatoms. The average Bonchev–Trinajstić information content (AvgIpc) is 2.93. The first-order valence-electron chi connectivity index (χ1n) is 7.87.